The molecule has 1 aliphatic heterocycles. The molecule has 0 aromatic carbocycles. The number of halogens is 5. The second-order valence-corrected chi connectivity index (χ2v) is 5.20. The molecule has 0 saturated heterocycles. The molecule has 1 unspecified atom stereocenters. The minimum atomic E-state index is -2.51. The molecule has 0 aromatic rings. The highest BCUT2D eigenvalue weighted by molar-refractivity contribution is 6.69. The van der Waals surface area contributed by atoms with E-state index in [1.54, 1.807) is 0 Å². The second-order valence-electron chi connectivity index (χ2n) is 2.16. The van der Waals surface area contributed by atoms with Gasteiger partial charge in [-0.15, -0.1) is 0 Å². The van der Waals surface area contributed by atoms with E-state index in [0.29, 0.717) is 0 Å². The lowest BCUT2D eigenvalue weighted by Crippen LogP contribution is -2.44. The van der Waals surface area contributed by atoms with Gasteiger partial charge in [-0.05, 0) is 0 Å². The smallest absolute Gasteiger partial charge is 0.354 e. The molecular formula is C5HCl5O3. The number of alkyl halides is 3. The summed E-state index contributed by atoms with van der Waals surface area (Å²) in [6, 6.07) is 0. The third kappa shape index (κ3) is 1.74. The number of rotatable bonds is 0. The van der Waals surface area contributed by atoms with Crippen LogP contribution < -0.4 is 0 Å². The van der Waals surface area contributed by atoms with Crippen LogP contribution in [0.1, 0.15) is 0 Å². The number of ether oxygens (including phenoxy) is 1. The second kappa shape index (κ2) is 3.33. The van der Waals surface area contributed by atoms with E-state index in [9.17, 15) is 9.90 Å². The Morgan fingerprint density at radius 2 is 1.77 bits per heavy atom. The van der Waals surface area contributed by atoms with E-state index in [0.717, 1.165) is 0 Å². The maximum absolute atomic E-state index is 10.8. The van der Waals surface area contributed by atoms with Gasteiger partial charge in [0.25, 0.3) is 9.58 Å². The zero-order valence-electron chi connectivity index (χ0n) is 5.65. The summed E-state index contributed by atoms with van der Waals surface area (Å²) in [6.07, 6.45) is 0. The molecular weight excluding hydrogens is 285 g/mol. The summed E-state index contributed by atoms with van der Waals surface area (Å²) in [6.45, 7) is 0. The van der Waals surface area contributed by atoms with Crippen molar-refractivity contribution in [3.05, 3.63) is 10.1 Å². The molecule has 3 nitrogen and oxygen atoms in total. The van der Waals surface area contributed by atoms with Gasteiger partial charge in [0, 0.05) is 0 Å². The first-order valence-corrected chi connectivity index (χ1v) is 4.67. The Labute approximate surface area is 98.1 Å². The van der Waals surface area contributed by atoms with Gasteiger partial charge in [-0.2, -0.15) is 0 Å². The van der Waals surface area contributed by atoms with E-state index in [-0.39, 0.29) is 0 Å². The molecule has 1 heterocycles. The van der Waals surface area contributed by atoms with Gasteiger partial charge < -0.3 is 9.84 Å². The van der Waals surface area contributed by atoms with Gasteiger partial charge in [0.15, 0.2) is 0 Å². The van der Waals surface area contributed by atoms with Crippen LogP contribution in [0.2, 0.25) is 0 Å². The highest BCUT2D eigenvalue weighted by Gasteiger charge is 2.59. The van der Waals surface area contributed by atoms with Crippen LogP contribution in [-0.2, 0) is 9.53 Å². The van der Waals surface area contributed by atoms with E-state index in [1.165, 1.54) is 0 Å². The van der Waals surface area contributed by atoms with Crippen molar-refractivity contribution in [2.75, 3.05) is 0 Å². The van der Waals surface area contributed by atoms with Crippen LogP contribution >= 0.6 is 58.0 Å². The molecule has 0 amide bonds. The van der Waals surface area contributed by atoms with E-state index in [4.69, 9.17) is 58.0 Å². The Morgan fingerprint density at radius 1 is 1.31 bits per heavy atom. The number of cyclic esters (lactones) is 1. The van der Waals surface area contributed by atoms with Crippen molar-refractivity contribution in [1.82, 2.24) is 0 Å². The van der Waals surface area contributed by atoms with Gasteiger partial charge in [0.2, 0.25) is 0 Å². The standard InChI is InChI=1S/C5HCl5O3/c6-1-2(7)4(12,5(8,9)10)13-3(1)11/h12H. The molecule has 13 heavy (non-hydrogen) atoms. The highest BCUT2D eigenvalue weighted by atomic mass is 35.6. The number of hydrogen-bond acceptors (Lipinski definition) is 3. The molecule has 0 saturated carbocycles. The van der Waals surface area contributed by atoms with Crippen LogP contribution in [0.3, 0.4) is 0 Å². The third-order valence-electron chi connectivity index (χ3n) is 1.29. The lowest BCUT2D eigenvalue weighted by atomic mass is 10.3. The highest BCUT2D eigenvalue weighted by Crippen LogP contribution is 2.49. The number of esters is 1. The average Bonchev–Trinajstić information content (AvgIpc) is 2.15. The van der Waals surface area contributed by atoms with E-state index >= 15 is 0 Å². The van der Waals surface area contributed by atoms with Gasteiger partial charge in [-0.3, -0.25) is 0 Å². The molecule has 1 rings (SSSR count). The lowest BCUT2D eigenvalue weighted by Gasteiger charge is -2.28. The molecule has 0 spiro atoms. The molecule has 8 heteroatoms. The van der Waals surface area contributed by atoms with Crippen LogP contribution in [0.5, 0.6) is 0 Å². The van der Waals surface area contributed by atoms with Crippen LogP contribution in [0, 0.1) is 0 Å². The topological polar surface area (TPSA) is 46.5 Å². The van der Waals surface area contributed by atoms with Crippen molar-refractivity contribution in [3.8, 4) is 0 Å². The van der Waals surface area contributed by atoms with Gasteiger partial charge in [-0.1, -0.05) is 58.0 Å². The van der Waals surface area contributed by atoms with Crippen molar-refractivity contribution in [1.29, 1.82) is 0 Å². The number of hydrogen-bond donors (Lipinski definition) is 1. The summed E-state index contributed by atoms with van der Waals surface area (Å²) in [5.41, 5.74) is 0. The maximum atomic E-state index is 10.8. The SMILES string of the molecule is O=C1OC(O)(C(Cl)(Cl)Cl)C(Cl)=C1Cl. The first kappa shape index (κ1) is 11.7. The molecule has 0 aromatic heterocycles. The molecule has 0 radical (unpaired) electrons. The monoisotopic (exact) mass is 284 g/mol. The molecule has 0 fully saturated rings. The molecule has 0 bridgehead atoms. The first-order chi connectivity index (χ1) is 5.70. The summed E-state index contributed by atoms with van der Waals surface area (Å²) in [5.74, 6) is -3.55. The Kier molecular flexibility index (Phi) is 3.00. The lowest BCUT2D eigenvalue weighted by molar-refractivity contribution is -0.177. The fourth-order valence-electron chi connectivity index (χ4n) is 0.644. The van der Waals surface area contributed by atoms with Crippen LogP contribution in [0.4, 0.5) is 0 Å². The van der Waals surface area contributed by atoms with E-state index in [2.05, 4.69) is 4.74 Å². The average molecular weight is 286 g/mol. The molecule has 1 N–H and O–H groups in total. The van der Waals surface area contributed by atoms with Crippen LogP contribution in [0.25, 0.3) is 0 Å². The summed E-state index contributed by atoms with van der Waals surface area (Å²) in [7, 11) is 0. The van der Waals surface area contributed by atoms with Crippen LogP contribution in [0.15, 0.2) is 10.1 Å². The van der Waals surface area contributed by atoms with Crippen molar-refractivity contribution in [2.24, 2.45) is 0 Å². The fourth-order valence-corrected chi connectivity index (χ4v) is 1.61. The number of aliphatic hydroxyl groups is 1. The molecule has 74 valence electrons. The van der Waals surface area contributed by atoms with E-state index in [1.807, 2.05) is 0 Å². The summed E-state index contributed by atoms with van der Waals surface area (Å²) < 4.78 is 2.03. The summed E-state index contributed by atoms with van der Waals surface area (Å²) in [4.78, 5) is 10.8. The first-order valence-electron chi connectivity index (χ1n) is 2.78. The van der Waals surface area contributed by atoms with Crippen molar-refractivity contribution >= 4 is 64.0 Å². The fraction of sp³-hybridized carbons (Fsp3) is 0.400. The van der Waals surface area contributed by atoms with E-state index < -0.39 is 25.6 Å². The normalized spacial score (nSPS) is 29.5. The van der Waals surface area contributed by atoms with Crippen LogP contribution in [-0.4, -0.2) is 20.7 Å². The Balaban J connectivity index is 3.19. The number of carbonyl (C=O) groups is 1. The van der Waals surface area contributed by atoms with Gasteiger partial charge in [0.05, 0.1) is 0 Å². The zero-order chi connectivity index (χ0) is 10.4. The Hall–Kier alpha value is 0.620. The quantitative estimate of drug-likeness (QED) is 0.549. The summed E-state index contributed by atoms with van der Waals surface area (Å²) >= 11 is 26.8. The molecule has 1 aliphatic rings. The predicted octanol–water partition coefficient (Wildman–Crippen LogP) is 2.29. The van der Waals surface area contributed by atoms with Gasteiger partial charge in [0.1, 0.15) is 10.1 Å². The molecule has 0 aliphatic carbocycles. The largest absolute Gasteiger partial charge is 0.419 e. The third-order valence-corrected chi connectivity index (χ3v) is 2.95. The maximum Gasteiger partial charge on any atom is 0.354 e. The van der Waals surface area contributed by atoms with Gasteiger partial charge >= 0.3 is 5.97 Å². The summed E-state index contributed by atoms with van der Waals surface area (Å²) in [5, 5.41) is 8.48. The van der Waals surface area contributed by atoms with Gasteiger partial charge in [-0.25, -0.2) is 4.79 Å². The zero-order valence-corrected chi connectivity index (χ0v) is 9.43. The Morgan fingerprint density at radius 3 is 1.92 bits per heavy atom. The Bertz CT molecular complexity index is 293. The predicted molar refractivity (Wildman–Crippen MR) is 50.1 cm³/mol. The molecule has 1 atom stereocenters. The number of carbonyl (C=O) groups excluding carboxylic acids is 1. The minimum absolute atomic E-state index is 0.504. The van der Waals surface area contributed by atoms with Crippen molar-refractivity contribution in [2.45, 2.75) is 9.58 Å². The van der Waals surface area contributed by atoms with Crippen molar-refractivity contribution < 1.29 is 14.6 Å². The van der Waals surface area contributed by atoms with Crippen molar-refractivity contribution in [3.63, 3.8) is 0 Å². The minimum Gasteiger partial charge on any atom is -0.419 e.